The van der Waals surface area contributed by atoms with Crippen LogP contribution in [-0.4, -0.2) is 67.6 Å². The lowest BCUT2D eigenvalue weighted by Gasteiger charge is -2.29. The molecule has 2 aliphatic heterocycles. The maximum atomic E-state index is 15.5. The zero-order valence-corrected chi connectivity index (χ0v) is 26.1. The average molecular weight is 637 g/mol. The number of hydrogen-bond donors (Lipinski definition) is 2. The van der Waals surface area contributed by atoms with E-state index in [2.05, 4.69) is 0 Å². The summed E-state index contributed by atoms with van der Waals surface area (Å²) in [6.07, 6.45) is 0.504. The number of carboxylic acids is 1. The van der Waals surface area contributed by atoms with Gasteiger partial charge in [0.2, 0.25) is 0 Å². The molecule has 2 N–H and O–H groups in total. The van der Waals surface area contributed by atoms with Crippen molar-refractivity contribution in [1.82, 2.24) is 4.90 Å². The van der Waals surface area contributed by atoms with Gasteiger partial charge in [-0.15, -0.1) is 17.0 Å². The van der Waals surface area contributed by atoms with E-state index in [4.69, 9.17) is 19.6 Å². The van der Waals surface area contributed by atoms with Gasteiger partial charge in [-0.05, 0) is 49.4 Å². The molecule has 2 aromatic carbocycles. The Morgan fingerprint density at radius 2 is 1.80 bits per heavy atom. The van der Waals surface area contributed by atoms with Gasteiger partial charge < -0.3 is 29.1 Å². The summed E-state index contributed by atoms with van der Waals surface area (Å²) < 4.78 is 32.4. The maximum Gasteiger partial charge on any atom is 0.308 e. The highest BCUT2D eigenvalue weighted by molar-refractivity contribution is 8.93. The average Bonchev–Trinajstić information content (AvgIpc) is 3.50. The Hall–Kier alpha value is -3.34. The van der Waals surface area contributed by atoms with E-state index in [1.165, 1.54) is 0 Å². The summed E-state index contributed by atoms with van der Waals surface area (Å²) in [4.78, 5) is 28.8. The van der Waals surface area contributed by atoms with Crippen LogP contribution in [0.2, 0.25) is 0 Å². The number of carbonyl (C=O) groups excluding carboxylic acids is 1. The van der Waals surface area contributed by atoms with Crippen LogP contribution in [0.3, 0.4) is 0 Å². The van der Waals surface area contributed by atoms with E-state index in [1.807, 2.05) is 31.7 Å². The number of ketones is 1. The number of Topliss-reactive ketones (excluding diaryl/α,β-unsaturated/α-hetero) is 1. The molecule has 1 unspecified atom stereocenters. The number of nitrogens with one attached hydrogen (secondary N) is 1. The third-order valence-electron chi connectivity index (χ3n) is 7.39. The van der Waals surface area contributed by atoms with Crippen LogP contribution < -0.4 is 19.1 Å². The van der Waals surface area contributed by atoms with Crippen LogP contribution in [0.4, 0.5) is 10.1 Å². The Morgan fingerprint density at radius 3 is 2.37 bits per heavy atom. The topological polar surface area (TPSA) is 112 Å². The fourth-order valence-corrected chi connectivity index (χ4v) is 5.38. The van der Waals surface area contributed by atoms with Crippen molar-refractivity contribution in [3.63, 3.8) is 0 Å². The van der Waals surface area contributed by atoms with E-state index in [1.54, 1.807) is 38.0 Å². The minimum atomic E-state index is -0.843. The smallest absolute Gasteiger partial charge is 0.308 e. The number of fused-ring (bicyclic) bond motifs is 1. The molecule has 224 valence electrons. The molecule has 2 heterocycles. The Labute approximate surface area is 250 Å². The number of carboxylic acid groups (broad SMARTS) is 1. The zero-order valence-electron chi connectivity index (χ0n) is 24.4. The number of anilines is 1. The lowest BCUT2D eigenvalue weighted by Crippen LogP contribution is -2.31. The molecule has 1 atom stereocenters. The van der Waals surface area contributed by atoms with E-state index >= 15 is 4.39 Å². The number of rotatable bonds is 10. The number of aliphatic carboxylic acids is 1. The third-order valence-corrected chi connectivity index (χ3v) is 7.39. The van der Waals surface area contributed by atoms with Crippen molar-refractivity contribution < 1.29 is 33.3 Å². The highest BCUT2D eigenvalue weighted by Crippen LogP contribution is 2.42. The SMILES string of the molecule is Br.CCOc1cc2c(c(F)c1OCC)C(=N)N(CC(=O)c1cc(N3CCC(C(=O)O)C3)c(OC)c(C(C)(C)C)c1)C2. The second-order valence-electron chi connectivity index (χ2n) is 11.1. The molecular weight excluding hydrogens is 597 g/mol. The highest BCUT2D eigenvalue weighted by Gasteiger charge is 2.35. The number of halogens is 2. The van der Waals surface area contributed by atoms with E-state index in [-0.39, 0.29) is 70.8 Å². The van der Waals surface area contributed by atoms with Crippen LogP contribution in [0.1, 0.15) is 68.1 Å². The van der Waals surface area contributed by atoms with Crippen LogP contribution >= 0.6 is 17.0 Å². The van der Waals surface area contributed by atoms with Crippen molar-refractivity contribution in [2.24, 2.45) is 5.92 Å². The van der Waals surface area contributed by atoms with Gasteiger partial charge >= 0.3 is 5.97 Å². The lowest BCUT2D eigenvalue weighted by atomic mass is 9.84. The summed E-state index contributed by atoms with van der Waals surface area (Å²) >= 11 is 0. The Bertz CT molecular complexity index is 1340. The minimum Gasteiger partial charge on any atom is -0.494 e. The van der Waals surface area contributed by atoms with Gasteiger partial charge in [0.25, 0.3) is 0 Å². The standard InChI is InChI=1S/C30H38FN3O6.BrH/c1-7-39-23-13-19-15-34(28(32)24(19)25(31)27(23)40-8-2)16-22(35)18-11-20(30(3,4)5)26(38-6)21(12-18)33-10-9-17(14-33)29(36)37;/h11-13,17,32H,7-10,14-16H2,1-6H3,(H,36,37);1H. The van der Waals surface area contributed by atoms with Gasteiger partial charge in [0.05, 0.1) is 44.0 Å². The summed E-state index contributed by atoms with van der Waals surface area (Å²) in [5.74, 6) is -1.46. The predicted molar refractivity (Wildman–Crippen MR) is 160 cm³/mol. The first-order valence-corrected chi connectivity index (χ1v) is 13.6. The maximum absolute atomic E-state index is 15.5. The Morgan fingerprint density at radius 1 is 1.12 bits per heavy atom. The van der Waals surface area contributed by atoms with E-state index < -0.39 is 17.7 Å². The molecule has 9 nitrogen and oxygen atoms in total. The van der Waals surface area contributed by atoms with Gasteiger partial charge in [0.15, 0.2) is 23.1 Å². The van der Waals surface area contributed by atoms with Crippen LogP contribution in [0.5, 0.6) is 17.2 Å². The van der Waals surface area contributed by atoms with E-state index in [0.717, 1.165) is 5.56 Å². The fourth-order valence-electron chi connectivity index (χ4n) is 5.38. The first-order chi connectivity index (χ1) is 18.9. The van der Waals surface area contributed by atoms with Crippen LogP contribution in [0.25, 0.3) is 0 Å². The van der Waals surface area contributed by atoms with Crippen LogP contribution in [0, 0.1) is 17.1 Å². The van der Waals surface area contributed by atoms with E-state index in [0.29, 0.717) is 48.7 Å². The normalized spacial score (nSPS) is 16.4. The summed E-state index contributed by atoms with van der Waals surface area (Å²) in [5, 5.41) is 18.2. The largest absolute Gasteiger partial charge is 0.494 e. The first kappa shape index (κ1) is 32.2. The molecule has 11 heteroatoms. The molecule has 0 aromatic heterocycles. The van der Waals surface area contributed by atoms with Gasteiger partial charge in [-0.25, -0.2) is 4.39 Å². The third kappa shape index (κ3) is 6.29. The fraction of sp³-hybridized carbons (Fsp3) is 0.500. The minimum absolute atomic E-state index is 0. The van der Waals surface area contributed by atoms with Gasteiger partial charge in [-0.2, -0.15) is 0 Å². The molecule has 0 bridgehead atoms. The van der Waals surface area contributed by atoms with Crippen molar-refractivity contribution in [2.45, 2.75) is 53.0 Å². The van der Waals surface area contributed by atoms with Crippen molar-refractivity contribution in [3.05, 3.63) is 46.3 Å². The van der Waals surface area contributed by atoms with Crippen molar-refractivity contribution in [3.8, 4) is 17.2 Å². The quantitative estimate of drug-likeness (QED) is 0.332. The molecule has 0 spiro atoms. The van der Waals surface area contributed by atoms with Crippen molar-refractivity contribution >= 4 is 40.3 Å². The molecule has 0 amide bonds. The number of carbonyl (C=O) groups is 2. The summed E-state index contributed by atoms with van der Waals surface area (Å²) in [5.41, 5.74) is 2.23. The van der Waals surface area contributed by atoms with Gasteiger partial charge in [-0.1, -0.05) is 20.8 Å². The van der Waals surface area contributed by atoms with Gasteiger partial charge in [0.1, 0.15) is 11.6 Å². The number of hydrogen-bond acceptors (Lipinski definition) is 7. The first-order valence-electron chi connectivity index (χ1n) is 13.6. The summed E-state index contributed by atoms with van der Waals surface area (Å²) in [6, 6.07) is 5.24. The predicted octanol–water partition coefficient (Wildman–Crippen LogP) is 5.44. The highest BCUT2D eigenvalue weighted by atomic mass is 79.9. The van der Waals surface area contributed by atoms with E-state index in [9.17, 15) is 14.7 Å². The van der Waals surface area contributed by atoms with Crippen LogP contribution in [0.15, 0.2) is 18.2 Å². The number of amidine groups is 1. The van der Waals surface area contributed by atoms with Gasteiger partial charge in [0, 0.05) is 30.8 Å². The second kappa shape index (κ2) is 12.7. The number of nitrogens with zero attached hydrogens (tertiary/aromatic N) is 2. The molecule has 4 rings (SSSR count). The molecule has 2 aliphatic rings. The summed E-state index contributed by atoms with van der Waals surface area (Å²) in [6.45, 7) is 11.1. The molecule has 0 aliphatic carbocycles. The molecular formula is C30H39BrFN3O6. The monoisotopic (exact) mass is 635 g/mol. The zero-order chi connectivity index (χ0) is 29.4. The molecule has 41 heavy (non-hydrogen) atoms. The number of methoxy groups -OCH3 is 1. The van der Waals surface area contributed by atoms with Crippen molar-refractivity contribution in [2.75, 3.05) is 44.9 Å². The molecule has 0 saturated carbocycles. The molecule has 0 radical (unpaired) electrons. The lowest BCUT2D eigenvalue weighted by molar-refractivity contribution is -0.140. The molecule has 1 saturated heterocycles. The van der Waals surface area contributed by atoms with Gasteiger partial charge in [-0.3, -0.25) is 15.0 Å². The summed E-state index contributed by atoms with van der Waals surface area (Å²) in [7, 11) is 1.57. The number of benzene rings is 2. The Kier molecular flexibility index (Phi) is 9.94. The Balaban J connectivity index is 0.00000462. The number of ether oxygens (including phenoxy) is 3. The van der Waals surface area contributed by atoms with Crippen molar-refractivity contribution in [1.29, 1.82) is 5.41 Å². The second-order valence-corrected chi connectivity index (χ2v) is 11.1. The van der Waals surface area contributed by atoms with Crippen LogP contribution in [-0.2, 0) is 16.8 Å². The molecule has 1 fully saturated rings. The molecule has 2 aromatic rings.